The summed E-state index contributed by atoms with van der Waals surface area (Å²) in [5.41, 5.74) is 1.86. The number of hydrogen-bond donors (Lipinski definition) is 0. The Kier molecular flexibility index (Phi) is 8.47. The molecular weight excluding hydrogens is 730 g/mol. The van der Waals surface area contributed by atoms with Crippen LogP contribution in [0.15, 0.2) is 51.4 Å². The fourth-order valence-electron chi connectivity index (χ4n) is 4.00. The molecule has 1 aliphatic heterocycles. The molecule has 3 aromatic rings. The topological polar surface area (TPSA) is 79.1 Å². The third kappa shape index (κ3) is 5.09. The lowest BCUT2D eigenvalue weighted by Crippen LogP contribution is -2.40. The van der Waals surface area contributed by atoms with Gasteiger partial charge in [0.1, 0.15) is 17.5 Å². The number of carbonyl (C=O) groups is 1. The summed E-state index contributed by atoms with van der Waals surface area (Å²) in [5.74, 6) is 0.739. The Morgan fingerprint density at radius 2 is 1.92 bits per heavy atom. The van der Waals surface area contributed by atoms with E-state index in [1.807, 2.05) is 25.1 Å². The number of carbonyl (C=O) groups excluding carboxylic acids is 1. The van der Waals surface area contributed by atoms with Crippen LogP contribution >= 0.6 is 68.1 Å². The second kappa shape index (κ2) is 11.2. The van der Waals surface area contributed by atoms with Crippen LogP contribution in [0.4, 0.5) is 0 Å². The smallest absolute Gasteiger partial charge is 0.338 e. The molecule has 0 aliphatic carbocycles. The predicted octanol–water partition coefficient (Wildman–Crippen LogP) is 4.68. The number of benzene rings is 2. The van der Waals surface area contributed by atoms with Gasteiger partial charge in [0, 0.05) is 10.6 Å². The molecule has 1 atom stereocenters. The van der Waals surface area contributed by atoms with Gasteiger partial charge < -0.3 is 14.2 Å². The van der Waals surface area contributed by atoms with E-state index in [-0.39, 0.29) is 11.1 Å². The minimum atomic E-state index is -0.815. The number of aromatic nitrogens is 1. The molecule has 0 spiro atoms. The molecular formula is C25H21ClI2N2O5S. The van der Waals surface area contributed by atoms with Gasteiger partial charge in [-0.2, -0.15) is 0 Å². The number of nitrogens with zero attached hydrogens (tertiary/aromatic N) is 2. The van der Waals surface area contributed by atoms with E-state index >= 15 is 0 Å². The lowest BCUT2D eigenvalue weighted by atomic mass is 9.95. The van der Waals surface area contributed by atoms with Gasteiger partial charge >= 0.3 is 5.97 Å². The molecule has 0 bridgehead atoms. The molecule has 0 unspecified atom stereocenters. The highest BCUT2D eigenvalue weighted by atomic mass is 127. The summed E-state index contributed by atoms with van der Waals surface area (Å²) in [6, 6.07) is 8.22. The van der Waals surface area contributed by atoms with Crippen molar-refractivity contribution in [3.63, 3.8) is 0 Å². The molecule has 36 heavy (non-hydrogen) atoms. The first-order valence-corrected chi connectivity index (χ1v) is 14.1. The van der Waals surface area contributed by atoms with Crippen LogP contribution in [0.3, 0.4) is 0 Å². The monoisotopic (exact) mass is 750 g/mol. The fourth-order valence-corrected chi connectivity index (χ4v) is 7.36. The highest BCUT2D eigenvalue weighted by Gasteiger charge is 2.35. The van der Waals surface area contributed by atoms with Crippen molar-refractivity contribution in [3.8, 4) is 11.5 Å². The van der Waals surface area contributed by atoms with Gasteiger partial charge in [0.2, 0.25) is 0 Å². The van der Waals surface area contributed by atoms with E-state index in [9.17, 15) is 9.59 Å². The van der Waals surface area contributed by atoms with Crippen molar-refractivity contribution >= 4 is 80.2 Å². The van der Waals surface area contributed by atoms with Crippen LogP contribution < -0.4 is 24.4 Å². The van der Waals surface area contributed by atoms with Gasteiger partial charge in [0.05, 0.1) is 43.8 Å². The molecule has 1 aromatic heterocycles. The molecule has 2 heterocycles. The highest BCUT2D eigenvalue weighted by Crippen LogP contribution is 2.37. The van der Waals surface area contributed by atoms with E-state index in [4.69, 9.17) is 25.8 Å². The average molecular weight is 751 g/mol. The van der Waals surface area contributed by atoms with Gasteiger partial charge in [0.15, 0.2) is 4.80 Å². The number of fused-ring (bicyclic) bond motifs is 1. The van der Waals surface area contributed by atoms with Gasteiger partial charge in [-0.3, -0.25) is 9.36 Å². The lowest BCUT2D eigenvalue weighted by molar-refractivity contribution is -0.136. The first-order valence-electron chi connectivity index (χ1n) is 10.8. The van der Waals surface area contributed by atoms with Crippen LogP contribution in [0.2, 0.25) is 5.02 Å². The van der Waals surface area contributed by atoms with Crippen LogP contribution in [0.5, 0.6) is 11.5 Å². The second-order valence-electron chi connectivity index (χ2n) is 7.71. The fraction of sp³-hybridized carbons (Fsp3) is 0.240. The maximum absolute atomic E-state index is 13.8. The summed E-state index contributed by atoms with van der Waals surface area (Å²) in [5, 5.41) is 0.449. The van der Waals surface area contributed by atoms with Gasteiger partial charge in [0.25, 0.3) is 5.56 Å². The average Bonchev–Trinajstić information content (AvgIpc) is 3.14. The second-order valence-corrected chi connectivity index (χ2v) is 11.5. The van der Waals surface area contributed by atoms with Crippen LogP contribution in [0.25, 0.3) is 6.08 Å². The molecule has 11 heteroatoms. The van der Waals surface area contributed by atoms with Crippen LogP contribution in [0.1, 0.15) is 31.0 Å². The largest absolute Gasteiger partial charge is 0.496 e. The maximum Gasteiger partial charge on any atom is 0.338 e. The number of halogens is 3. The van der Waals surface area contributed by atoms with E-state index in [1.165, 1.54) is 30.1 Å². The summed E-state index contributed by atoms with van der Waals surface area (Å²) in [7, 11) is 2.83. The third-order valence-electron chi connectivity index (χ3n) is 5.52. The van der Waals surface area contributed by atoms with Crippen molar-refractivity contribution in [1.82, 2.24) is 4.57 Å². The van der Waals surface area contributed by atoms with E-state index < -0.39 is 12.0 Å². The summed E-state index contributed by atoms with van der Waals surface area (Å²) in [6.07, 6.45) is 1.83. The normalized spacial score (nSPS) is 15.4. The number of methoxy groups -OCH3 is 2. The van der Waals surface area contributed by atoms with Crippen molar-refractivity contribution in [3.05, 3.63) is 84.6 Å². The zero-order valence-corrected chi connectivity index (χ0v) is 25.6. The Bertz CT molecular complexity index is 1550. The molecule has 0 N–H and O–H groups in total. The highest BCUT2D eigenvalue weighted by molar-refractivity contribution is 14.1. The van der Waals surface area contributed by atoms with Crippen molar-refractivity contribution < 1.29 is 19.0 Å². The summed E-state index contributed by atoms with van der Waals surface area (Å²) < 4.78 is 20.3. The standard InChI is InChI=1S/C25H21ClI2N2O5S/c1-5-35-22-16(27)8-13(9-17(22)28)10-19-23(31)30-21(15-11-14(26)6-7-18(15)33-3)20(24(32)34-4)12(2)29-25(30)36-19/h6-11,21H,5H2,1-4H3/b19-10-/t21-/m1/s1. The molecule has 0 saturated heterocycles. The molecule has 188 valence electrons. The van der Waals surface area contributed by atoms with E-state index in [1.54, 1.807) is 25.1 Å². The molecule has 4 rings (SSSR count). The van der Waals surface area contributed by atoms with E-state index in [0.717, 1.165) is 18.5 Å². The number of allylic oxidation sites excluding steroid dienone is 1. The SMILES string of the molecule is CCOc1c(I)cc(/C=c2\sc3n(c2=O)[C@H](c2cc(Cl)ccc2OC)C(C(=O)OC)=C(C)N=3)cc1I. The third-order valence-corrected chi connectivity index (χ3v) is 8.34. The van der Waals surface area contributed by atoms with Crippen molar-refractivity contribution in [2.24, 2.45) is 4.99 Å². The zero-order valence-electron chi connectivity index (χ0n) is 19.7. The van der Waals surface area contributed by atoms with E-state index in [2.05, 4.69) is 50.2 Å². The van der Waals surface area contributed by atoms with Crippen LogP contribution in [0, 0.1) is 7.14 Å². The Morgan fingerprint density at radius 3 is 2.53 bits per heavy atom. The molecule has 2 aromatic carbocycles. The van der Waals surface area contributed by atoms with Gasteiger partial charge in [-0.05, 0) is 101 Å². The number of esters is 1. The Hall–Kier alpha value is -1.90. The summed E-state index contributed by atoms with van der Waals surface area (Å²) >= 11 is 12.0. The Labute approximate surface area is 243 Å². The van der Waals surface area contributed by atoms with Crippen LogP contribution in [-0.2, 0) is 9.53 Å². The molecule has 0 fully saturated rings. The van der Waals surface area contributed by atoms with Gasteiger partial charge in [-0.1, -0.05) is 22.9 Å². The zero-order chi connectivity index (χ0) is 26.1. The first-order chi connectivity index (χ1) is 17.2. The minimum absolute atomic E-state index is 0.252. The number of hydrogen-bond acceptors (Lipinski definition) is 7. The molecule has 0 saturated carbocycles. The lowest BCUT2D eigenvalue weighted by Gasteiger charge is -2.25. The molecule has 1 aliphatic rings. The molecule has 0 amide bonds. The minimum Gasteiger partial charge on any atom is -0.496 e. The van der Waals surface area contributed by atoms with Crippen molar-refractivity contribution in [1.29, 1.82) is 0 Å². The van der Waals surface area contributed by atoms with Gasteiger partial charge in [-0.25, -0.2) is 9.79 Å². The number of rotatable bonds is 6. The van der Waals surface area contributed by atoms with Crippen LogP contribution in [-0.4, -0.2) is 31.4 Å². The Morgan fingerprint density at radius 1 is 1.22 bits per heavy atom. The summed E-state index contributed by atoms with van der Waals surface area (Å²) in [6.45, 7) is 4.24. The van der Waals surface area contributed by atoms with Crippen molar-refractivity contribution in [2.75, 3.05) is 20.8 Å². The first kappa shape index (κ1) is 27.1. The molecule has 0 radical (unpaired) electrons. The predicted molar refractivity (Wildman–Crippen MR) is 157 cm³/mol. The summed E-state index contributed by atoms with van der Waals surface area (Å²) in [4.78, 5) is 31.7. The quantitative estimate of drug-likeness (QED) is 0.271. The van der Waals surface area contributed by atoms with Crippen molar-refractivity contribution in [2.45, 2.75) is 19.9 Å². The number of ether oxygens (including phenoxy) is 3. The van der Waals surface area contributed by atoms with E-state index in [0.29, 0.717) is 38.0 Å². The maximum atomic E-state index is 13.8. The number of thiazole rings is 1. The van der Waals surface area contributed by atoms with Gasteiger partial charge in [-0.15, -0.1) is 0 Å². The Balaban J connectivity index is 1.98. The molecule has 7 nitrogen and oxygen atoms in total.